The lowest BCUT2D eigenvalue weighted by molar-refractivity contribution is -0.117. The fraction of sp³-hybridized carbons (Fsp3) is 0.185. The molecule has 0 unspecified atom stereocenters. The van der Waals surface area contributed by atoms with Gasteiger partial charge in [-0.3, -0.25) is 4.79 Å². The number of rotatable bonds is 5. The number of ketones is 1. The van der Waals surface area contributed by atoms with E-state index in [2.05, 4.69) is 19.9 Å². The van der Waals surface area contributed by atoms with Gasteiger partial charge in [-0.05, 0) is 34.9 Å². The van der Waals surface area contributed by atoms with Gasteiger partial charge in [-0.15, -0.1) is 0 Å². The van der Waals surface area contributed by atoms with Crippen LogP contribution in [0.25, 0.3) is 11.1 Å². The third-order valence-electron chi connectivity index (χ3n) is 5.81. The quantitative estimate of drug-likeness (QED) is 0.417. The first-order valence-electron chi connectivity index (χ1n) is 10.3. The highest BCUT2D eigenvalue weighted by Crippen LogP contribution is 2.46. The van der Waals surface area contributed by atoms with Crippen LogP contribution in [0.3, 0.4) is 0 Å². The molecule has 1 aliphatic heterocycles. The zero-order valence-electron chi connectivity index (χ0n) is 18.0. The summed E-state index contributed by atoms with van der Waals surface area (Å²) in [6.07, 6.45) is 1.59. The molecule has 1 aliphatic rings. The number of para-hydroxylation sites is 1. The minimum atomic E-state index is -0.506. The summed E-state index contributed by atoms with van der Waals surface area (Å²) in [6, 6.07) is 25.2. The number of anilines is 1. The number of ether oxygens (including phenoxy) is 1. The minimum Gasteiger partial charge on any atom is -0.454 e. The van der Waals surface area contributed by atoms with Gasteiger partial charge in [0.15, 0.2) is 12.4 Å². The number of carbonyl (C=O) groups is 2. The second kappa shape index (κ2) is 8.23. The Morgan fingerprint density at radius 2 is 1.48 bits per heavy atom. The predicted octanol–water partition coefficient (Wildman–Crippen LogP) is 5.39. The molecule has 0 saturated heterocycles. The molecule has 0 bridgehead atoms. The van der Waals surface area contributed by atoms with Crippen LogP contribution in [0.2, 0.25) is 0 Å². The summed E-state index contributed by atoms with van der Waals surface area (Å²) >= 11 is 0. The summed E-state index contributed by atoms with van der Waals surface area (Å²) in [4.78, 5) is 27.0. The lowest BCUT2D eigenvalue weighted by Gasteiger charge is -2.23. The second-order valence-corrected chi connectivity index (χ2v) is 8.22. The summed E-state index contributed by atoms with van der Waals surface area (Å²) in [7, 11) is 1.95. The van der Waals surface area contributed by atoms with Crippen molar-refractivity contribution >= 4 is 17.4 Å². The average molecular weight is 412 g/mol. The summed E-state index contributed by atoms with van der Waals surface area (Å²) < 4.78 is 5.27. The average Bonchev–Trinajstić information content (AvgIpc) is 2.99. The van der Waals surface area contributed by atoms with Gasteiger partial charge < -0.3 is 9.64 Å². The third kappa shape index (κ3) is 4.02. The highest BCUT2D eigenvalue weighted by Gasteiger charge is 2.38. The Morgan fingerprint density at radius 3 is 2.16 bits per heavy atom. The smallest absolute Gasteiger partial charge is 0.338 e. The summed E-state index contributed by atoms with van der Waals surface area (Å²) in [5.74, 6) is -0.745. The Bertz CT molecular complexity index is 1140. The molecule has 0 aliphatic carbocycles. The molecule has 31 heavy (non-hydrogen) atoms. The van der Waals surface area contributed by atoms with Gasteiger partial charge >= 0.3 is 5.97 Å². The van der Waals surface area contributed by atoms with Crippen LogP contribution in [0.1, 0.15) is 29.8 Å². The standard InChI is InChI=1S/C27H25NO3/c1-27(2)23-11-7-8-12-24(23)28(3)25(27)17-22(29)18-31-26(30)21-15-13-20(14-16-21)19-9-5-4-6-10-19/h4-17H,18H2,1-3H3. The van der Waals surface area contributed by atoms with Gasteiger partial charge in [0.25, 0.3) is 0 Å². The Hall–Kier alpha value is -3.66. The van der Waals surface area contributed by atoms with Crippen LogP contribution in [0, 0.1) is 0 Å². The predicted molar refractivity (Wildman–Crippen MR) is 123 cm³/mol. The zero-order chi connectivity index (χ0) is 22.0. The summed E-state index contributed by atoms with van der Waals surface area (Å²) in [5, 5.41) is 0. The summed E-state index contributed by atoms with van der Waals surface area (Å²) in [5.41, 5.74) is 5.37. The number of carbonyl (C=O) groups excluding carboxylic acids is 2. The number of fused-ring (bicyclic) bond motifs is 1. The molecule has 156 valence electrons. The molecule has 0 N–H and O–H groups in total. The van der Waals surface area contributed by atoms with E-state index in [1.165, 1.54) is 5.56 Å². The molecule has 3 aromatic carbocycles. The summed E-state index contributed by atoms with van der Waals surface area (Å²) in [6.45, 7) is 3.90. The molecule has 4 rings (SSSR count). The maximum absolute atomic E-state index is 12.6. The van der Waals surface area contributed by atoms with Gasteiger partial charge in [0.1, 0.15) is 0 Å². The number of benzene rings is 3. The molecule has 0 radical (unpaired) electrons. The molecule has 4 nitrogen and oxygen atoms in total. The minimum absolute atomic E-state index is 0.239. The van der Waals surface area contributed by atoms with Crippen LogP contribution in [0.15, 0.2) is 90.6 Å². The molecule has 3 aromatic rings. The fourth-order valence-electron chi connectivity index (χ4n) is 4.10. The van der Waals surface area contributed by atoms with E-state index in [4.69, 9.17) is 4.74 Å². The largest absolute Gasteiger partial charge is 0.454 e. The van der Waals surface area contributed by atoms with Crippen molar-refractivity contribution < 1.29 is 14.3 Å². The highest BCUT2D eigenvalue weighted by atomic mass is 16.5. The van der Waals surface area contributed by atoms with Crippen molar-refractivity contribution in [1.29, 1.82) is 0 Å². The van der Waals surface area contributed by atoms with Crippen molar-refractivity contribution in [3.63, 3.8) is 0 Å². The van der Waals surface area contributed by atoms with Crippen LogP contribution < -0.4 is 4.90 Å². The van der Waals surface area contributed by atoms with E-state index in [9.17, 15) is 9.59 Å². The van der Waals surface area contributed by atoms with E-state index in [0.29, 0.717) is 5.56 Å². The van der Waals surface area contributed by atoms with E-state index in [1.807, 2.05) is 72.6 Å². The van der Waals surface area contributed by atoms with Gasteiger partial charge in [-0.25, -0.2) is 4.79 Å². The number of hydrogen-bond acceptors (Lipinski definition) is 4. The number of allylic oxidation sites excluding steroid dienone is 1. The Labute approximate surface area is 182 Å². The van der Waals surface area contributed by atoms with Crippen molar-refractivity contribution in [3.05, 3.63) is 102 Å². The number of likely N-dealkylation sites (N-methyl/N-ethyl adjacent to an activating group) is 1. The van der Waals surface area contributed by atoms with Crippen molar-refractivity contribution in [3.8, 4) is 11.1 Å². The van der Waals surface area contributed by atoms with Gasteiger partial charge in [-0.1, -0.05) is 74.5 Å². The molecule has 0 amide bonds. The third-order valence-corrected chi connectivity index (χ3v) is 5.81. The van der Waals surface area contributed by atoms with Crippen LogP contribution >= 0.6 is 0 Å². The van der Waals surface area contributed by atoms with Crippen molar-refractivity contribution in [2.24, 2.45) is 0 Å². The Kier molecular flexibility index (Phi) is 5.47. The van der Waals surface area contributed by atoms with Crippen LogP contribution in [0.4, 0.5) is 5.69 Å². The normalized spacial score (nSPS) is 15.6. The van der Waals surface area contributed by atoms with Crippen molar-refractivity contribution in [1.82, 2.24) is 0 Å². The van der Waals surface area contributed by atoms with Crippen molar-refractivity contribution in [2.75, 3.05) is 18.6 Å². The van der Waals surface area contributed by atoms with E-state index in [0.717, 1.165) is 22.5 Å². The Morgan fingerprint density at radius 1 is 0.871 bits per heavy atom. The lowest BCUT2D eigenvalue weighted by atomic mass is 9.83. The van der Waals surface area contributed by atoms with E-state index in [1.54, 1.807) is 18.2 Å². The topological polar surface area (TPSA) is 46.6 Å². The van der Waals surface area contributed by atoms with E-state index in [-0.39, 0.29) is 17.8 Å². The first-order chi connectivity index (χ1) is 14.9. The van der Waals surface area contributed by atoms with E-state index < -0.39 is 5.97 Å². The molecule has 0 saturated carbocycles. The number of nitrogens with zero attached hydrogens (tertiary/aromatic N) is 1. The van der Waals surface area contributed by atoms with Crippen LogP contribution in [-0.2, 0) is 14.9 Å². The second-order valence-electron chi connectivity index (χ2n) is 8.22. The number of esters is 1. The zero-order valence-corrected chi connectivity index (χ0v) is 18.0. The molecule has 0 atom stereocenters. The van der Waals surface area contributed by atoms with Crippen molar-refractivity contribution in [2.45, 2.75) is 19.3 Å². The molecule has 0 fully saturated rings. The molecule has 0 spiro atoms. The van der Waals surface area contributed by atoms with Crippen LogP contribution in [0.5, 0.6) is 0 Å². The molecule has 1 heterocycles. The van der Waals surface area contributed by atoms with Gasteiger partial charge in [-0.2, -0.15) is 0 Å². The molecular formula is C27H25NO3. The highest BCUT2D eigenvalue weighted by molar-refractivity contribution is 5.96. The molecular weight excluding hydrogens is 386 g/mol. The number of hydrogen-bond donors (Lipinski definition) is 0. The Balaban J connectivity index is 1.42. The van der Waals surface area contributed by atoms with Crippen LogP contribution in [-0.4, -0.2) is 25.4 Å². The van der Waals surface area contributed by atoms with Gasteiger partial charge in [0.2, 0.25) is 0 Å². The maximum atomic E-state index is 12.6. The van der Waals surface area contributed by atoms with Gasteiger partial charge in [0.05, 0.1) is 5.56 Å². The molecule has 0 aromatic heterocycles. The first kappa shape index (κ1) is 20.6. The fourth-order valence-corrected chi connectivity index (χ4v) is 4.10. The SMILES string of the molecule is CN1C(=CC(=O)COC(=O)c2ccc(-c3ccccc3)cc2)C(C)(C)c2ccccc21. The van der Waals surface area contributed by atoms with E-state index >= 15 is 0 Å². The maximum Gasteiger partial charge on any atom is 0.338 e. The molecule has 4 heteroatoms. The van der Waals surface area contributed by atoms with Gasteiger partial charge in [0, 0.05) is 29.9 Å². The monoisotopic (exact) mass is 411 g/mol. The first-order valence-corrected chi connectivity index (χ1v) is 10.3. The lowest BCUT2D eigenvalue weighted by Crippen LogP contribution is -2.25.